The SMILES string of the molecule is O=C(NC/C=C/Cc1nnn[nH]1)C(F)(F)C(F)(F)C(F)(F)C(F)(F)C(F)(F)C(F)(F)C(F)(F)F. The van der Waals surface area contributed by atoms with Crippen LogP contribution in [0.1, 0.15) is 5.82 Å². The molecule has 0 aliphatic rings. The molecule has 0 radical (unpaired) electrons. The average molecular weight is 535 g/mol. The maximum atomic E-state index is 13.6. The Morgan fingerprint density at radius 3 is 1.65 bits per heavy atom. The van der Waals surface area contributed by atoms with Crippen LogP contribution < -0.4 is 5.32 Å². The molecule has 6 nitrogen and oxygen atoms in total. The zero-order chi connectivity index (χ0) is 27.0. The minimum absolute atomic E-state index is 0.0397. The highest BCUT2D eigenvalue weighted by Crippen LogP contribution is 2.62. The first-order chi connectivity index (χ1) is 15.0. The summed E-state index contributed by atoms with van der Waals surface area (Å²) in [6.45, 7) is -1.18. The molecule has 1 rings (SSSR count). The van der Waals surface area contributed by atoms with Crippen LogP contribution in [0.15, 0.2) is 12.2 Å². The maximum Gasteiger partial charge on any atom is 0.460 e. The maximum absolute atomic E-state index is 13.6. The minimum atomic E-state index is -8.45. The van der Waals surface area contributed by atoms with Gasteiger partial charge in [-0.1, -0.05) is 12.2 Å². The van der Waals surface area contributed by atoms with E-state index in [0.29, 0.717) is 6.08 Å². The van der Waals surface area contributed by atoms with Crippen LogP contribution in [0.5, 0.6) is 0 Å². The van der Waals surface area contributed by atoms with E-state index in [1.807, 2.05) is 0 Å². The molecule has 0 bridgehead atoms. The van der Waals surface area contributed by atoms with E-state index in [-0.39, 0.29) is 12.2 Å². The van der Waals surface area contributed by atoms with Crippen LogP contribution in [0.4, 0.5) is 65.9 Å². The standard InChI is InChI=1S/C13H8F15N5O/c14-7(15,6(34)29-4-2-1-3-5-30-32-33-31-5)8(16,17)9(18,19)10(20,21)11(22,23)12(24,25)13(26,27)28/h1-2H,3-4H2,(H,29,34)(H,30,31,32,33)/b2-1+. The van der Waals surface area contributed by atoms with Gasteiger partial charge in [0.1, 0.15) is 0 Å². The van der Waals surface area contributed by atoms with Crippen LogP contribution >= 0.6 is 0 Å². The average Bonchev–Trinajstić information content (AvgIpc) is 3.19. The molecule has 0 saturated carbocycles. The molecule has 1 aromatic rings. The molecular formula is C13H8F15N5O. The topological polar surface area (TPSA) is 83.6 Å². The summed E-state index contributed by atoms with van der Waals surface area (Å²) >= 11 is 0. The third-order valence-electron chi connectivity index (χ3n) is 3.86. The van der Waals surface area contributed by atoms with Crippen molar-refractivity contribution in [2.75, 3.05) is 6.54 Å². The van der Waals surface area contributed by atoms with Crippen molar-refractivity contribution in [2.24, 2.45) is 0 Å². The Hall–Kier alpha value is -2.77. The Morgan fingerprint density at radius 1 is 0.735 bits per heavy atom. The quantitative estimate of drug-likeness (QED) is 0.353. The van der Waals surface area contributed by atoms with Gasteiger partial charge in [0, 0.05) is 13.0 Å². The highest BCUT2D eigenvalue weighted by atomic mass is 19.4. The monoisotopic (exact) mass is 535 g/mol. The lowest BCUT2D eigenvalue weighted by atomic mass is 9.91. The number of hydrogen-bond donors (Lipinski definition) is 2. The number of tetrazole rings is 1. The van der Waals surface area contributed by atoms with Gasteiger partial charge in [-0.25, -0.2) is 5.10 Å². The van der Waals surface area contributed by atoms with Crippen LogP contribution in [0.25, 0.3) is 0 Å². The van der Waals surface area contributed by atoms with Crippen LogP contribution in [0.2, 0.25) is 0 Å². The van der Waals surface area contributed by atoms with Gasteiger partial charge < -0.3 is 5.32 Å². The molecule has 34 heavy (non-hydrogen) atoms. The molecule has 0 unspecified atom stereocenters. The van der Waals surface area contributed by atoms with E-state index in [1.54, 1.807) is 0 Å². The highest BCUT2D eigenvalue weighted by molar-refractivity contribution is 5.85. The number of nitrogens with one attached hydrogen (secondary N) is 2. The van der Waals surface area contributed by atoms with Gasteiger partial charge in [0.15, 0.2) is 5.82 Å². The molecule has 21 heteroatoms. The summed E-state index contributed by atoms with van der Waals surface area (Å²) in [6.07, 6.45) is -6.22. The van der Waals surface area contributed by atoms with Gasteiger partial charge in [0.05, 0.1) is 0 Å². The van der Waals surface area contributed by atoms with E-state index in [1.165, 1.54) is 0 Å². The van der Waals surface area contributed by atoms with Crippen LogP contribution in [-0.2, 0) is 11.2 Å². The Morgan fingerprint density at radius 2 is 1.21 bits per heavy atom. The van der Waals surface area contributed by atoms with E-state index in [0.717, 1.165) is 11.4 Å². The van der Waals surface area contributed by atoms with Crippen molar-refractivity contribution in [3.8, 4) is 0 Å². The molecule has 0 saturated heterocycles. The van der Waals surface area contributed by atoms with E-state index in [9.17, 15) is 70.7 Å². The number of rotatable bonds is 10. The number of aromatic nitrogens is 4. The second-order valence-electron chi connectivity index (χ2n) is 6.18. The van der Waals surface area contributed by atoms with Crippen LogP contribution in [0, 0.1) is 0 Å². The molecule has 0 fully saturated rings. The first-order valence-corrected chi connectivity index (χ1v) is 7.99. The van der Waals surface area contributed by atoms with Crippen molar-refractivity contribution in [1.29, 1.82) is 0 Å². The van der Waals surface area contributed by atoms with Crippen molar-refractivity contribution in [1.82, 2.24) is 25.9 Å². The number of hydrogen-bond acceptors (Lipinski definition) is 4. The fourth-order valence-corrected chi connectivity index (χ4v) is 1.92. The Kier molecular flexibility index (Phi) is 7.56. The first kappa shape index (κ1) is 29.3. The van der Waals surface area contributed by atoms with Crippen molar-refractivity contribution in [2.45, 2.75) is 48.1 Å². The van der Waals surface area contributed by atoms with E-state index in [2.05, 4.69) is 20.6 Å². The summed E-state index contributed by atoms with van der Waals surface area (Å²) in [4.78, 5) is 11.2. The lowest BCUT2D eigenvalue weighted by molar-refractivity contribution is -0.449. The molecule has 0 aliphatic heterocycles. The van der Waals surface area contributed by atoms with Gasteiger partial charge in [0.25, 0.3) is 5.91 Å². The molecule has 0 spiro atoms. The first-order valence-electron chi connectivity index (χ1n) is 7.99. The number of nitrogens with zero attached hydrogens (tertiary/aromatic N) is 3. The van der Waals surface area contributed by atoms with Gasteiger partial charge in [-0.05, 0) is 10.4 Å². The molecule has 0 atom stereocenters. The summed E-state index contributed by atoms with van der Waals surface area (Å²) in [5.41, 5.74) is 0. The number of aromatic amines is 1. The fraction of sp³-hybridized carbons (Fsp3) is 0.692. The molecule has 0 aliphatic carbocycles. The summed E-state index contributed by atoms with van der Waals surface area (Å²) in [7, 11) is 0. The van der Waals surface area contributed by atoms with Gasteiger partial charge in [-0.15, -0.1) is 5.10 Å². The van der Waals surface area contributed by atoms with E-state index >= 15 is 0 Å². The van der Waals surface area contributed by atoms with Gasteiger partial charge in [0.2, 0.25) is 0 Å². The molecule has 1 heterocycles. The van der Waals surface area contributed by atoms with Gasteiger partial charge >= 0.3 is 41.7 Å². The van der Waals surface area contributed by atoms with Crippen molar-refractivity contribution >= 4 is 5.91 Å². The Bertz CT molecular complexity index is 878. The zero-order valence-corrected chi connectivity index (χ0v) is 15.5. The van der Waals surface area contributed by atoms with Gasteiger partial charge in [-0.2, -0.15) is 65.9 Å². The number of allylic oxidation sites excluding steroid dienone is 1. The smallest absolute Gasteiger partial charge is 0.347 e. The Labute approximate surface area is 176 Å². The molecule has 0 aromatic carbocycles. The third kappa shape index (κ3) is 4.46. The van der Waals surface area contributed by atoms with Crippen molar-refractivity contribution < 1.29 is 70.7 Å². The fourth-order valence-electron chi connectivity index (χ4n) is 1.92. The molecular weight excluding hydrogens is 527 g/mol. The number of carbonyl (C=O) groups is 1. The normalized spacial score (nSPS) is 15.1. The lowest BCUT2D eigenvalue weighted by Gasteiger charge is -2.41. The van der Waals surface area contributed by atoms with Crippen LogP contribution in [-0.4, -0.2) is 74.8 Å². The molecule has 1 aromatic heterocycles. The zero-order valence-electron chi connectivity index (χ0n) is 15.5. The summed E-state index contributed by atoms with van der Waals surface area (Å²) in [6, 6.07) is 0. The minimum Gasteiger partial charge on any atom is -0.347 e. The second kappa shape index (κ2) is 8.78. The predicted molar refractivity (Wildman–Crippen MR) is 75.8 cm³/mol. The summed E-state index contributed by atoms with van der Waals surface area (Å²) in [5.74, 6) is -51.5. The lowest BCUT2D eigenvalue weighted by Crippen LogP contribution is -2.74. The number of alkyl halides is 15. The molecule has 1 amide bonds. The third-order valence-corrected chi connectivity index (χ3v) is 3.86. The van der Waals surface area contributed by atoms with Crippen molar-refractivity contribution in [3.63, 3.8) is 0 Å². The summed E-state index contributed by atoms with van der Waals surface area (Å²) < 4.78 is 195. The predicted octanol–water partition coefficient (Wildman–Crippen LogP) is 3.79. The van der Waals surface area contributed by atoms with Crippen molar-refractivity contribution in [3.05, 3.63) is 18.0 Å². The molecule has 2 N–H and O–H groups in total. The van der Waals surface area contributed by atoms with E-state index < -0.39 is 54.2 Å². The second-order valence-corrected chi connectivity index (χ2v) is 6.18. The van der Waals surface area contributed by atoms with E-state index in [4.69, 9.17) is 0 Å². The van der Waals surface area contributed by atoms with Gasteiger partial charge in [-0.3, -0.25) is 4.79 Å². The number of carbonyl (C=O) groups excluding carboxylic acids is 1. The largest absolute Gasteiger partial charge is 0.460 e. The highest BCUT2D eigenvalue weighted by Gasteiger charge is 2.94. The number of H-pyrrole nitrogens is 1. The summed E-state index contributed by atoms with van der Waals surface area (Å²) in [5, 5.41) is 12.5. The Balaban J connectivity index is 3.17. The van der Waals surface area contributed by atoms with Crippen LogP contribution in [0.3, 0.4) is 0 Å². The number of amides is 1. The number of halogens is 15. The molecule has 196 valence electrons.